The summed E-state index contributed by atoms with van der Waals surface area (Å²) in [5.41, 5.74) is 1.71. The van der Waals surface area contributed by atoms with Crippen molar-refractivity contribution in [3.8, 4) is 6.07 Å². The zero-order valence-electron chi connectivity index (χ0n) is 9.22. The van der Waals surface area contributed by atoms with Crippen molar-refractivity contribution in [3.05, 3.63) is 29.6 Å². The Kier molecular flexibility index (Phi) is 4.20. The second kappa shape index (κ2) is 5.88. The number of pyridine rings is 1. The van der Waals surface area contributed by atoms with Crippen molar-refractivity contribution in [2.75, 3.05) is 24.6 Å². The molecular formula is C12H15N3S. The van der Waals surface area contributed by atoms with Gasteiger partial charge in [-0.2, -0.15) is 17.0 Å². The molecule has 84 valence electrons. The summed E-state index contributed by atoms with van der Waals surface area (Å²) in [6.07, 6.45) is 2.99. The maximum atomic E-state index is 8.78. The molecule has 1 fully saturated rings. The standard InChI is InChI=1S/C12H15N3S/c13-9-12-8-11(2-3-14-12)10-15-4-1-6-16-7-5-15/h2-3,8H,1,4-7,10H2. The van der Waals surface area contributed by atoms with Gasteiger partial charge in [-0.15, -0.1) is 0 Å². The Labute approximate surface area is 100 Å². The fourth-order valence-corrected chi connectivity index (χ4v) is 2.77. The van der Waals surface area contributed by atoms with E-state index in [-0.39, 0.29) is 0 Å². The van der Waals surface area contributed by atoms with Crippen LogP contribution in [0.4, 0.5) is 0 Å². The Balaban J connectivity index is 1.99. The molecule has 1 aromatic rings. The Morgan fingerprint density at radius 3 is 3.25 bits per heavy atom. The van der Waals surface area contributed by atoms with Crippen molar-refractivity contribution in [2.24, 2.45) is 0 Å². The molecule has 1 aliphatic rings. The first-order valence-corrected chi connectivity index (χ1v) is 6.69. The number of nitriles is 1. The molecule has 0 atom stereocenters. The van der Waals surface area contributed by atoms with Gasteiger partial charge in [0.2, 0.25) is 0 Å². The molecule has 16 heavy (non-hydrogen) atoms. The fraction of sp³-hybridized carbons (Fsp3) is 0.500. The Bertz CT molecular complexity index is 378. The number of hydrogen-bond acceptors (Lipinski definition) is 4. The van der Waals surface area contributed by atoms with Gasteiger partial charge in [-0.25, -0.2) is 4.98 Å². The quantitative estimate of drug-likeness (QED) is 0.782. The van der Waals surface area contributed by atoms with E-state index < -0.39 is 0 Å². The van der Waals surface area contributed by atoms with Gasteiger partial charge in [0, 0.05) is 25.0 Å². The molecule has 0 amide bonds. The first-order chi connectivity index (χ1) is 7.88. The van der Waals surface area contributed by atoms with Crippen LogP contribution in [0.15, 0.2) is 18.3 Å². The largest absolute Gasteiger partial charge is 0.298 e. The van der Waals surface area contributed by atoms with Gasteiger partial charge in [-0.1, -0.05) is 0 Å². The molecule has 0 N–H and O–H groups in total. The molecule has 3 nitrogen and oxygen atoms in total. The molecule has 1 aliphatic heterocycles. The normalized spacial score (nSPS) is 17.7. The molecule has 0 spiro atoms. The maximum Gasteiger partial charge on any atom is 0.140 e. The molecule has 2 heterocycles. The molecule has 1 aromatic heterocycles. The number of hydrogen-bond donors (Lipinski definition) is 0. The van der Waals surface area contributed by atoms with Crippen LogP contribution in [0.3, 0.4) is 0 Å². The smallest absolute Gasteiger partial charge is 0.140 e. The van der Waals surface area contributed by atoms with Crippen LogP contribution < -0.4 is 0 Å². The minimum atomic E-state index is 0.515. The summed E-state index contributed by atoms with van der Waals surface area (Å²) >= 11 is 2.03. The van der Waals surface area contributed by atoms with Gasteiger partial charge >= 0.3 is 0 Å². The van der Waals surface area contributed by atoms with Crippen LogP contribution >= 0.6 is 11.8 Å². The van der Waals surface area contributed by atoms with Crippen LogP contribution in [-0.2, 0) is 6.54 Å². The van der Waals surface area contributed by atoms with Crippen molar-refractivity contribution < 1.29 is 0 Å². The Morgan fingerprint density at radius 2 is 2.38 bits per heavy atom. The highest BCUT2D eigenvalue weighted by molar-refractivity contribution is 7.99. The third kappa shape index (κ3) is 3.22. The predicted molar refractivity (Wildman–Crippen MR) is 66.2 cm³/mol. The molecule has 4 heteroatoms. The maximum absolute atomic E-state index is 8.78. The lowest BCUT2D eigenvalue weighted by atomic mass is 10.2. The van der Waals surface area contributed by atoms with E-state index in [9.17, 15) is 0 Å². The zero-order valence-corrected chi connectivity index (χ0v) is 10.0. The van der Waals surface area contributed by atoms with Crippen molar-refractivity contribution >= 4 is 11.8 Å². The molecule has 0 aromatic carbocycles. The second-order valence-electron chi connectivity index (χ2n) is 3.90. The molecule has 0 radical (unpaired) electrons. The summed E-state index contributed by atoms with van der Waals surface area (Å²) in [4.78, 5) is 6.44. The fourth-order valence-electron chi connectivity index (χ4n) is 1.85. The lowest BCUT2D eigenvalue weighted by Crippen LogP contribution is -2.25. The Hall–Kier alpha value is -1.05. The molecule has 1 saturated heterocycles. The summed E-state index contributed by atoms with van der Waals surface area (Å²) in [6, 6.07) is 5.97. The molecule has 2 rings (SSSR count). The summed E-state index contributed by atoms with van der Waals surface area (Å²) in [5, 5.41) is 8.78. The van der Waals surface area contributed by atoms with E-state index in [1.165, 1.54) is 23.5 Å². The van der Waals surface area contributed by atoms with Gasteiger partial charge in [0.15, 0.2) is 0 Å². The summed E-state index contributed by atoms with van der Waals surface area (Å²) in [7, 11) is 0. The van der Waals surface area contributed by atoms with Gasteiger partial charge in [0.1, 0.15) is 11.8 Å². The first-order valence-electron chi connectivity index (χ1n) is 5.53. The van der Waals surface area contributed by atoms with Crippen LogP contribution in [0, 0.1) is 11.3 Å². The predicted octanol–water partition coefficient (Wildman–Crippen LogP) is 1.89. The average Bonchev–Trinajstić information content (AvgIpc) is 2.58. The van der Waals surface area contributed by atoms with Gasteiger partial charge in [-0.05, 0) is 36.4 Å². The number of aromatic nitrogens is 1. The third-order valence-electron chi connectivity index (χ3n) is 2.66. The molecule has 0 aliphatic carbocycles. The van der Waals surface area contributed by atoms with Crippen LogP contribution in [0.2, 0.25) is 0 Å². The van der Waals surface area contributed by atoms with E-state index in [0.717, 1.165) is 19.6 Å². The highest BCUT2D eigenvalue weighted by atomic mass is 32.2. The molecule has 0 bridgehead atoms. The first kappa shape index (κ1) is 11.4. The topological polar surface area (TPSA) is 39.9 Å². The van der Waals surface area contributed by atoms with Crippen LogP contribution in [0.25, 0.3) is 0 Å². The van der Waals surface area contributed by atoms with E-state index >= 15 is 0 Å². The Morgan fingerprint density at radius 1 is 1.44 bits per heavy atom. The minimum Gasteiger partial charge on any atom is -0.298 e. The van der Waals surface area contributed by atoms with Crippen molar-refractivity contribution in [2.45, 2.75) is 13.0 Å². The van der Waals surface area contributed by atoms with Crippen molar-refractivity contribution in [1.29, 1.82) is 5.26 Å². The molecular weight excluding hydrogens is 218 g/mol. The highest BCUT2D eigenvalue weighted by Crippen LogP contribution is 2.13. The summed E-state index contributed by atoms with van der Waals surface area (Å²) in [6.45, 7) is 3.25. The van der Waals surface area contributed by atoms with E-state index in [1.807, 2.05) is 23.9 Å². The number of rotatable bonds is 2. The van der Waals surface area contributed by atoms with E-state index in [1.54, 1.807) is 6.20 Å². The lowest BCUT2D eigenvalue weighted by molar-refractivity contribution is 0.287. The van der Waals surface area contributed by atoms with E-state index in [0.29, 0.717) is 5.69 Å². The SMILES string of the molecule is N#Cc1cc(CN2CCCSCC2)ccn1. The molecule has 0 unspecified atom stereocenters. The summed E-state index contributed by atoms with van der Waals surface area (Å²) in [5.74, 6) is 2.49. The van der Waals surface area contributed by atoms with Gasteiger partial charge < -0.3 is 0 Å². The van der Waals surface area contributed by atoms with Gasteiger partial charge in [-0.3, -0.25) is 4.90 Å². The monoisotopic (exact) mass is 233 g/mol. The average molecular weight is 233 g/mol. The number of thioether (sulfide) groups is 1. The second-order valence-corrected chi connectivity index (χ2v) is 5.13. The van der Waals surface area contributed by atoms with Gasteiger partial charge in [0.05, 0.1) is 0 Å². The molecule has 0 saturated carbocycles. The van der Waals surface area contributed by atoms with Crippen LogP contribution in [-0.4, -0.2) is 34.5 Å². The van der Waals surface area contributed by atoms with Crippen LogP contribution in [0.5, 0.6) is 0 Å². The van der Waals surface area contributed by atoms with Crippen molar-refractivity contribution in [1.82, 2.24) is 9.88 Å². The minimum absolute atomic E-state index is 0.515. The van der Waals surface area contributed by atoms with Gasteiger partial charge in [0.25, 0.3) is 0 Å². The van der Waals surface area contributed by atoms with E-state index in [4.69, 9.17) is 5.26 Å². The van der Waals surface area contributed by atoms with Crippen molar-refractivity contribution in [3.63, 3.8) is 0 Å². The zero-order chi connectivity index (χ0) is 11.2. The van der Waals surface area contributed by atoms with E-state index in [2.05, 4.69) is 16.0 Å². The lowest BCUT2D eigenvalue weighted by Gasteiger charge is -2.19. The summed E-state index contributed by atoms with van der Waals surface area (Å²) < 4.78 is 0. The third-order valence-corrected chi connectivity index (χ3v) is 3.71. The highest BCUT2D eigenvalue weighted by Gasteiger charge is 2.09. The number of nitrogens with zero attached hydrogens (tertiary/aromatic N) is 3. The van der Waals surface area contributed by atoms with Crippen LogP contribution in [0.1, 0.15) is 17.7 Å².